The van der Waals surface area contributed by atoms with E-state index in [4.69, 9.17) is 16.3 Å². The van der Waals surface area contributed by atoms with E-state index >= 15 is 0 Å². The Kier molecular flexibility index (Phi) is 13.8. The van der Waals surface area contributed by atoms with Gasteiger partial charge in [-0.1, -0.05) is 50.6 Å². The first-order valence-electron chi connectivity index (χ1n) is 22.7. The lowest BCUT2D eigenvalue weighted by Gasteiger charge is -2.39. The molecule has 62 heavy (non-hydrogen) atoms. The third-order valence-electron chi connectivity index (χ3n) is 13.7. The number of ether oxygens (including phenoxy) is 1. The van der Waals surface area contributed by atoms with E-state index in [-0.39, 0.29) is 23.9 Å². The van der Waals surface area contributed by atoms with Gasteiger partial charge in [-0.15, -0.1) is 0 Å². The van der Waals surface area contributed by atoms with E-state index in [0.29, 0.717) is 23.8 Å². The SMILES string of the molecule is CC(=O)OC1CNCC[C@H]1c1c[nH]c2ncccc12.CC(C)(C)C1CCC(C(=O)N2CCC(c3c[nH]c4ncccc34)CC2)CC1.Clc1cccc2c(C3=CCNCC3)c[nH]c12. The molecule has 12 heteroatoms. The van der Waals surface area contributed by atoms with E-state index in [9.17, 15) is 9.59 Å². The molecular weight excluding hydrogens is 796 g/mol. The third kappa shape index (κ3) is 9.96. The Hall–Kier alpha value is -4.97. The van der Waals surface area contributed by atoms with Crippen LogP contribution in [0.3, 0.4) is 0 Å². The van der Waals surface area contributed by atoms with E-state index in [0.717, 1.165) is 104 Å². The molecule has 2 atom stereocenters. The lowest BCUT2D eigenvalue weighted by Crippen LogP contribution is -2.42. The summed E-state index contributed by atoms with van der Waals surface area (Å²) in [6.07, 6.45) is 20.7. The van der Waals surface area contributed by atoms with Crippen LogP contribution in [0.1, 0.15) is 108 Å². The van der Waals surface area contributed by atoms with E-state index in [1.165, 1.54) is 52.8 Å². The molecule has 5 N–H and O–H groups in total. The van der Waals surface area contributed by atoms with Crippen LogP contribution in [-0.4, -0.2) is 87.1 Å². The molecule has 0 radical (unpaired) electrons. The Morgan fingerprint density at radius 1 is 0.774 bits per heavy atom. The van der Waals surface area contributed by atoms with Crippen LogP contribution >= 0.6 is 11.6 Å². The molecule has 10 rings (SSSR count). The summed E-state index contributed by atoms with van der Waals surface area (Å²) in [7, 11) is 0. The number of hydrogen-bond acceptors (Lipinski definition) is 7. The lowest BCUT2D eigenvalue weighted by molar-refractivity contribution is -0.148. The first-order chi connectivity index (χ1) is 30.0. The molecule has 0 bridgehead atoms. The van der Waals surface area contributed by atoms with Crippen molar-refractivity contribution in [3.63, 3.8) is 0 Å². The van der Waals surface area contributed by atoms with Crippen molar-refractivity contribution in [2.75, 3.05) is 39.3 Å². The van der Waals surface area contributed by atoms with E-state index in [1.54, 1.807) is 6.20 Å². The number of esters is 1. The van der Waals surface area contributed by atoms with Crippen molar-refractivity contribution in [3.8, 4) is 0 Å². The van der Waals surface area contributed by atoms with Gasteiger partial charge >= 0.3 is 5.97 Å². The number of benzene rings is 1. The highest BCUT2D eigenvalue weighted by atomic mass is 35.5. The summed E-state index contributed by atoms with van der Waals surface area (Å²) >= 11 is 6.15. The van der Waals surface area contributed by atoms with Gasteiger partial charge in [0.2, 0.25) is 5.91 Å². The molecule has 1 aromatic carbocycles. The summed E-state index contributed by atoms with van der Waals surface area (Å²) in [4.78, 5) is 44.8. The standard InChI is InChI=1S/C23H33N3O.C14H17N3O2.C13H13ClN2/c1-23(2,3)18-8-6-17(7-9-18)22(27)26-13-10-16(11-14-26)20-15-25-21-19(20)5-4-12-24-21;1-9(18)19-13-8-15-6-4-10(13)12-7-17-14-11(12)3-2-5-16-14;14-12-3-1-2-10-11(8-16-13(10)12)9-4-6-15-7-5-9/h4-5,12,15-18H,6-11,13-14H2,1-3H3,(H,24,25);2-3,5,7,10,13,15H,4,6,8H2,1H3,(H,16,17);1-4,8,15-16H,5-7H2/t;10-,13?;/m.0./s1. The predicted octanol–water partition coefficient (Wildman–Crippen LogP) is 9.89. The highest BCUT2D eigenvalue weighted by molar-refractivity contribution is 6.35. The van der Waals surface area contributed by atoms with E-state index in [2.05, 4.69) is 97.9 Å². The number of para-hydroxylation sites is 1. The number of nitrogens with zero attached hydrogens (tertiary/aromatic N) is 3. The predicted molar refractivity (Wildman–Crippen MR) is 250 cm³/mol. The first kappa shape index (κ1) is 43.7. The Morgan fingerprint density at radius 3 is 2.11 bits per heavy atom. The first-order valence-corrected chi connectivity index (χ1v) is 23.1. The second-order valence-corrected chi connectivity index (χ2v) is 19.0. The lowest BCUT2D eigenvalue weighted by atomic mass is 9.69. The van der Waals surface area contributed by atoms with Gasteiger partial charge in [-0.05, 0) is 129 Å². The monoisotopic (exact) mass is 858 g/mol. The number of aromatic nitrogens is 5. The number of piperidine rings is 2. The van der Waals surface area contributed by atoms with Gasteiger partial charge in [-0.2, -0.15) is 0 Å². The largest absolute Gasteiger partial charge is 0.461 e. The summed E-state index contributed by atoms with van der Waals surface area (Å²) in [6.45, 7) is 13.9. The van der Waals surface area contributed by atoms with Crippen molar-refractivity contribution >= 4 is 62.0 Å². The molecule has 1 saturated carbocycles. The normalized spacial score (nSPS) is 22.3. The molecule has 6 aromatic rings. The Morgan fingerprint density at radius 2 is 1.45 bits per heavy atom. The Bertz CT molecular complexity index is 2480. The van der Waals surface area contributed by atoms with Crippen molar-refractivity contribution < 1.29 is 14.3 Å². The smallest absolute Gasteiger partial charge is 0.302 e. The van der Waals surface area contributed by atoms with Crippen LogP contribution in [0.2, 0.25) is 5.02 Å². The van der Waals surface area contributed by atoms with Crippen molar-refractivity contribution in [3.05, 3.63) is 101 Å². The number of H-pyrrole nitrogens is 3. The maximum Gasteiger partial charge on any atom is 0.302 e. The molecule has 3 aliphatic heterocycles. The summed E-state index contributed by atoms with van der Waals surface area (Å²) in [6, 6.07) is 14.2. The van der Waals surface area contributed by atoms with E-state index in [1.807, 2.05) is 36.7 Å². The molecular formula is C50H63ClN8O3. The zero-order chi connectivity index (χ0) is 43.2. The van der Waals surface area contributed by atoms with Crippen LogP contribution in [0.15, 0.2) is 79.5 Å². The maximum absolute atomic E-state index is 13.0. The van der Waals surface area contributed by atoms with Gasteiger partial charge in [-0.3, -0.25) is 9.59 Å². The number of carbonyl (C=O) groups excluding carboxylic acids is 2. The number of rotatable bonds is 5. The number of amides is 1. The number of aromatic amines is 3. The molecule has 5 aromatic heterocycles. The third-order valence-corrected chi connectivity index (χ3v) is 14.0. The molecule has 0 spiro atoms. The molecule has 328 valence electrons. The summed E-state index contributed by atoms with van der Waals surface area (Å²) < 4.78 is 5.44. The second kappa shape index (κ2) is 19.6. The van der Waals surface area contributed by atoms with Gasteiger partial charge in [-0.25, -0.2) is 9.97 Å². The zero-order valence-corrected chi connectivity index (χ0v) is 37.5. The molecule has 1 amide bonds. The number of fused-ring (bicyclic) bond motifs is 3. The van der Waals surface area contributed by atoms with Crippen molar-refractivity contribution in [1.82, 2.24) is 40.5 Å². The fourth-order valence-corrected chi connectivity index (χ4v) is 10.5. The topological polar surface area (TPSA) is 144 Å². The van der Waals surface area contributed by atoms with Gasteiger partial charge in [0.05, 0.1) is 10.5 Å². The van der Waals surface area contributed by atoms with Gasteiger partial charge < -0.3 is 35.2 Å². The molecule has 2 saturated heterocycles. The van der Waals surface area contributed by atoms with Gasteiger partial charge in [0.1, 0.15) is 17.4 Å². The molecule has 8 heterocycles. The minimum Gasteiger partial charge on any atom is -0.461 e. The molecule has 11 nitrogen and oxygen atoms in total. The Balaban J connectivity index is 0.000000133. The fraction of sp³-hybridized carbons (Fsp3) is 0.480. The number of nitrogens with one attached hydrogen (secondary N) is 5. The molecule has 3 fully saturated rings. The fourth-order valence-electron chi connectivity index (χ4n) is 10.2. The average molecular weight is 860 g/mol. The summed E-state index contributed by atoms with van der Waals surface area (Å²) in [5, 5.41) is 11.0. The average Bonchev–Trinajstić information content (AvgIpc) is 4.05. The number of halogens is 1. The second-order valence-electron chi connectivity index (χ2n) is 18.6. The quantitative estimate of drug-likeness (QED) is 0.109. The minimum atomic E-state index is -0.225. The number of likely N-dealkylation sites (tertiary alicyclic amines) is 1. The Labute approximate surface area is 370 Å². The number of hydrogen-bond donors (Lipinski definition) is 5. The molecule has 4 aliphatic rings. The van der Waals surface area contributed by atoms with Crippen LogP contribution in [0.5, 0.6) is 0 Å². The van der Waals surface area contributed by atoms with Crippen molar-refractivity contribution in [1.29, 1.82) is 0 Å². The van der Waals surface area contributed by atoms with Crippen LogP contribution in [0.4, 0.5) is 0 Å². The number of pyridine rings is 2. The van der Waals surface area contributed by atoms with Crippen molar-refractivity contribution in [2.24, 2.45) is 17.3 Å². The highest BCUT2D eigenvalue weighted by Gasteiger charge is 2.36. The zero-order valence-electron chi connectivity index (χ0n) is 36.7. The highest BCUT2D eigenvalue weighted by Crippen LogP contribution is 2.41. The number of carbonyl (C=O) groups is 2. The van der Waals surface area contributed by atoms with Crippen LogP contribution in [-0.2, 0) is 14.3 Å². The molecule has 1 aliphatic carbocycles. The molecule has 1 unspecified atom stereocenters. The van der Waals surface area contributed by atoms with Crippen molar-refractivity contribution in [2.45, 2.75) is 97.0 Å². The summed E-state index contributed by atoms with van der Waals surface area (Å²) in [5.41, 5.74) is 8.54. The maximum atomic E-state index is 13.0. The van der Waals surface area contributed by atoms with E-state index < -0.39 is 0 Å². The van der Waals surface area contributed by atoms with Gasteiger partial charge in [0.25, 0.3) is 0 Å². The van der Waals surface area contributed by atoms with Crippen LogP contribution in [0, 0.1) is 17.3 Å². The summed E-state index contributed by atoms with van der Waals surface area (Å²) in [5.74, 6) is 1.98. The minimum absolute atomic E-state index is 0.106. The van der Waals surface area contributed by atoms with Crippen LogP contribution in [0.25, 0.3) is 38.5 Å². The van der Waals surface area contributed by atoms with Crippen LogP contribution < -0.4 is 10.6 Å². The van der Waals surface area contributed by atoms with Gasteiger partial charge in [0.15, 0.2) is 0 Å². The van der Waals surface area contributed by atoms with Gasteiger partial charge in [0, 0.05) is 97.6 Å².